The SMILES string of the molecule is N#CCNC(=O)[C@@H]1CCCC[C@H]1NC(=O)c1ccc(F)cc1Cl. The van der Waals surface area contributed by atoms with Crippen LogP contribution in [-0.4, -0.2) is 24.4 Å². The second-order valence-corrected chi connectivity index (χ2v) is 5.88. The molecule has 0 unspecified atom stereocenters. The predicted molar refractivity (Wildman–Crippen MR) is 83.2 cm³/mol. The minimum atomic E-state index is -0.516. The number of hydrogen-bond donors (Lipinski definition) is 2. The Kier molecular flexibility index (Phi) is 5.94. The van der Waals surface area contributed by atoms with Crippen LogP contribution in [-0.2, 0) is 4.79 Å². The molecule has 0 heterocycles. The highest BCUT2D eigenvalue weighted by molar-refractivity contribution is 6.33. The van der Waals surface area contributed by atoms with Crippen LogP contribution in [0.25, 0.3) is 0 Å². The molecule has 122 valence electrons. The Labute approximate surface area is 138 Å². The summed E-state index contributed by atoms with van der Waals surface area (Å²) in [5.41, 5.74) is 0.176. The average molecular weight is 338 g/mol. The molecule has 1 aromatic carbocycles. The normalized spacial score (nSPS) is 20.4. The maximum atomic E-state index is 13.1. The van der Waals surface area contributed by atoms with Crippen molar-refractivity contribution < 1.29 is 14.0 Å². The summed E-state index contributed by atoms with van der Waals surface area (Å²) >= 11 is 5.89. The van der Waals surface area contributed by atoms with Gasteiger partial charge in [0.25, 0.3) is 5.91 Å². The molecule has 2 rings (SSSR count). The summed E-state index contributed by atoms with van der Waals surface area (Å²) in [6.07, 6.45) is 3.13. The Hall–Kier alpha value is -2.13. The van der Waals surface area contributed by atoms with Crippen LogP contribution in [0.1, 0.15) is 36.0 Å². The summed E-state index contributed by atoms with van der Waals surface area (Å²) in [5.74, 6) is -1.56. The first-order valence-corrected chi connectivity index (χ1v) is 7.81. The molecule has 1 aromatic rings. The first kappa shape index (κ1) is 17.2. The van der Waals surface area contributed by atoms with E-state index in [9.17, 15) is 14.0 Å². The molecular formula is C16H17ClFN3O2. The molecule has 2 N–H and O–H groups in total. The van der Waals surface area contributed by atoms with E-state index >= 15 is 0 Å². The fraction of sp³-hybridized carbons (Fsp3) is 0.438. The van der Waals surface area contributed by atoms with Crippen LogP contribution in [0.15, 0.2) is 18.2 Å². The van der Waals surface area contributed by atoms with Crippen molar-refractivity contribution in [2.24, 2.45) is 5.92 Å². The second-order valence-electron chi connectivity index (χ2n) is 5.47. The Balaban J connectivity index is 2.07. The van der Waals surface area contributed by atoms with Gasteiger partial charge in [0.05, 0.1) is 22.6 Å². The van der Waals surface area contributed by atoms with Gasteiger partial charge >= 0.3 is 0 Å². The second kappa shape index (κ2) is 7.93. The highest BCUT2D eigenvalue weighted by Crippen LogP contribution is 2.26. The van der Waals surface area contributed by atoms with Gasteiger partial charge in [-0.3, -0.25) is 9.59 Å². The highest BCUT2D eigenvalue weighted by Gasteiger charge is 2.32. The van der Waals surface area contributed by atoms with Crippen molar-refractivity contribution in [3.05, 3.63) is 34.6 Å². The number of hydrogen-bond acceptors (Lipinski definition) is 3. The third-order valence-electron chi connectivity index (χ3n) is 3.94. The van der Waals surface area contributed by atoms with Crippen molar-refractivity contribution in [1.29, 1.82) is 5.26 Å². The van der Waals surface area contributed by atoms with Crippen molar-refractivity contribution in [3.8, 4) is 6.07 Å². The van der Waals surface area contributed by atoms with E-state index in [1.165, 1.54) is 12.1 Å². The molecule has 1 aliphatic carbocycles. The minimum absolute atomic E-state index is 0.0313. The lowest BCUT2D eigenvalue weighted by Gasteiger charge is -2.31. The number of rotatable bonds is 4. The Bertz CT molecular complexity index is 645. The van der Waals surface area contributed by atoms with Gasteiger partial charge < -0.3 is 10.6 Å². The molecule has 7 heteroatoms. The number of carbonyl (C=O) groups is 2. The largest absolute Gasteiger partial charge is 0.348 e. The van der Waals surface area contributed by atoms with Crippen LogP contribution in [0.5, 0.6) is 0 Å². The molecule has 0 radical (unpaired) electrons. The first-order chi connectivity index (χ1) is 11.0. The zero-order valence-corrected chi connectivity index (χ0v) is 13.2. The zero-order chi connectivity index (χ0) is 16.8. The lowest BCUT2D eigenvalue weighted by molar-refractivity contribution is -0.126. The number of nitrogens with one attached hydrogen (secondary N) is 2. The monoisotopic (exact) mass is 337 g/mol. The Morgan fingerprint density at radius 3 is 2.78 bits per heavy atom. The smallest absolute Gasteiger partial charge is 0.253 e. The molecule has 2 atom stereocenters. The maximum absolute atomic E-state index is 13.1. The molecule has 1 fully saturated rings. The fourth-order valence-corrected chi connectivity index (χ4v) is 3.05. The van der Waals surface area contributed by atoms with Gasteiger partial charge in [-0.25, -0.2) is 4.39 Å². The summed E-state index contributed by atoms with van der Waals surface area (Å²) in [4.78, 5) is 24.4. The van der Waals surface area contributed by atoms with E-state index in [0.29, 0.717) is 12.8 Å². The number of amides is 2. The lowest BCUT2D eigenvalue weighted by Crippen LogP contribution is -2.48. The molecule has 23 heavy (non-hydrogen) atoms. The van der Waals surface area contributed by atoms with Crippen molar-refractivity contribution >= 4 is 23.4 Å². The summed E-state index contributed by atoms with van der Waals surface area (Å²) in [6, 6.07) is 5.10. The zero-order valence-electron chi connectivity index (χ0n) is 12.4. The topological polar surface area (TPSA) is 82.0 Å². The number of carbonyl (C=O) groups excluding carboxylic acids is 2. The van der Waals surface area contributed by atoms with E-state index < -0.39 is 11.7 Å². The molecule has 2 amide bonds. The average Bonchev–Trinajstić information content (AvgIpc) is 2.53. The Morgan fingerprint density at radius 2 is 2.09 bits per heavy atom. The van der Waals surface area contributed by atoms with E-state index in [1.807, 2.05) is 6.07 Å². The third-order valence-corrected chi connectivity index (χ3v) is 4.25. The van der Waals surface area contributed by atoms with Crippen LogP contribution in [0.2, 0.25) is 5.02 Å². The van der Waals surface area contributed by atoms with Crippen molar-refractivity contribution in [1.82, 2.24) is 10.6 Å². The van der Waals surface area contributed by atoms with Crippen LogP contribution in [0.3, 0.4) is 0 Å². The number of nitriles is 1. The van der Waals surface area contributed by atoms with Gasteiger partial charge in [0.2, 0.25) is 5.91 Å². The summed E-state index contributed by atoms with van der Waals surface area (Å²) in [7, 11) is 0. The fourth-order valence-electron chi connectivity index (χ4n) is 2.79. The van der Waals surface area contributed by atoms with Crippen molar-refractivity contribution in [3.63, 3.8) is 0 Å². The van der Waals surface area contributed by atoms with E-state index in [1.54, 1.807) is 0 Å². The molecule has 0 aliphatic heterocycles. The number of halogens is 2. The summed E-state index contributed by atoms with van der Waals surface area (Å²) in [5, 5.41) is 13.9. The number of nitrogens with zero attached hydrogens (tertiary/aromatic N) is 1. The van der Waals surface area contributed by atoms with Crippen molar-refractivity contribution in [2.75, 3.05) is 6.54 Å². The van der Waals surface area contributed by atoms with Gasteiger partial charge in [0.15, 0.2) is 0 Å². The highest BCUT2D eigenvalue weighted by atomic mass is 35.5. The van der Waals surface area contributed by atoms with Crippen LogP contribution >= 0.6 is 11.6 Å². The van der Waals surface area contributed by atoms with Gasteiger partial charge in [-0.15, -0.1) is 0 Å². The lowest BCUT2D eigenvalue weighted by atomic mass is 9.83. The molecular weight excluding hydrogens is 321 g/mol. The summed E-state index contributed by atoms with van der Waals surface area (Å²) in [6.45, 7) is -0.0558. The van der Waals surface area contributed by atoms with Gasteiger partial charge in [0.1, 0.15) is 12.4 Å². The van der Waals surface area contributed by atoms with Gasteiger partial charge in [-0.1, -0.05) is 24.4 Å². The number of benzene rings is 1. The predicted octanol–water partition coefficient (Wildman–Crippen LogP) is 2.41. The quantitative estimate of drug-likeness (QED) is 0.828. The molecule has 0 spiro atoms. The van der Waals surface area contributed by atoms with E-state index in [0.717, 1.165) is 18.9 Å². The molecule has 1 saturated carbocycles. The summed E-state index contributed by atoms with van der Waals surface area (Å²) < 4.78 is 13.1. The minimum Gasteiger partial charge on any atom is -0.348 e. The van der Waals surface area contributed by atoms with E-state index in [-0.39, 0.29) is 35.0 Å². The standard InChI is InChI=1S/C16H17ClFN3O2/c17-13-9-10(18)5-6-11(13)16(23)21-14-4-2-1-3-12(14)15(22)20-8-7-19/h5-6,9,12,14H,1-4,8H2,(H,20,22)(H,21,23)/t12-,14-/m1/s1. The van der Waals surface area contributed by atoms with Crippen LogP contribution in [0, 0.1) is 23.1 Å². The van der Waals surface area contributed by atoms with Gasteiger partial charge in [-0.2, -0.15) is 5.26 Å². The molecule has 0 aromatic heterocycles. The van der Waals surface area contributed by atoms with E-state index in [4.69, 9.17) is 16.9 Å². The maximum Gasteiger partial charge on any atom is 0.253 e. The van der Waals surface area contributed by atoms with Crippen LogP contribution < -0.4 is 10.6 Å². The first-order valence-electron chi connectivity index (χ1n) is 7.43. The molecule has 0 bridgehead atoms. The Morgan fingerprint density at radius 1 is 1.35 bits per heavy atom. The van der Waals surface area contributed by atoms with Gasteiger partial charge in [0, 0.05) is 6.04 Å². The van der Waals surface area contributed by atoms with Crippen LogP contribution in [0.4, 0.5) is 4.39 Å². The molecule has 0 saturated heterocycles. The van der Waals surface area contributed by atoms with Crippen molar-refractivity contribution in [2.45, 2.75) is 31.7 Å². The third kappa shape index (κ3) is 4.42. The van der Waals surface area contributed by atoms with E-state index in [2.05, 4.69) is 10.6 Å². The van der Waals surface area contributed by atoms with Gasteiger partial charge in [-0.05, 0) is 31.0 Å². The molecule has 5 nitrogen and oxygen atoms in total. The molecule has 1 aliphatic rings.